The molecule has 0 aliphatic carbocycles. The summed E-state index contributed by atoms with van der Waals surface area (Å²) in [6, 6.07) is 4.96. The predicted octanol–water partition coefficient (Wildman–Crippen LogP) is 2.02. The highest BCUT2D eigenvalue weighted by Crippen LogP contribution is 2.27. The van der Waals surface area contributed by atoms with E-state index in [1.54, 1.807) is 25.1 Å². The molecule has 1 aliphatic heterocycles. The molecule has 3 N–H and O–H groups in total. The molecular weight excluding hydrogens is 428 g/mol. The summed E-state index contributed by atoms with van der Waals surface area (Å²) in [7, 11) is 1.51. The van der Waals surface area contributed by atoms with E-state index in [9.17, 15) is 19.5 Å². The van der Waals surface area contributed by atoms with Gasteiger partial charge >= 0.3 is 6.03 Å². The van der Waals surface area contributed by atoms with Crippen molar-refractivity contribution in [3.8, 4) is 11.6 Å². The number of aromatic nitrogens is 1. The standard InChI is InChI=1S/C20H23ClN4O6/c1-3-14(16-8-17(26)24-31-16)23-20(29)25-10-18(27)22-9-12(19(25)28)6-11-7-13(21)4-5-15(11)30-2/h4-5,7-8,12,14H,3,6,9-10H2,1-2H3,(H,22,27)(H,23,29)(H,24,26). The van der Waals surface area contributed by atoms with E-state index < -0.39 is 36.3 Å². The number of urea groups is 1. The van der Waals surface area contributed by atoms with Gasteiger partial charge in [-0.1, -0.05) is 18.5 Å². The number of hydrogen-bond acceptors (Lipinski definition) is 7. The second-order valence-electron chi connectivity index (χ2n) is 7.08. The maximum atomic E-state index is 13.2. The monoisotopic (exact) mass is 450 g/mol. The van der Waals surface area contributed by atoms with Crippen LogP contribution in [0.4, 0.5) is 4.79 Å². The van der Waals surface area contributed by atoms with Gasteiger partial charge in [-0.25, -0.2) is 4.79 Å². The van der Waals surface area contributed by atoms with Gasteiger partial charge in [0.15, 0.2) is 5.76 Å². The van der Waals surface area contributed by atoms with Gasteiger partial charge in [0, 0.05) is 17.6 Å². The third kappa shape index (κ3) is 5.26. The van der Waals surface area contributed by atoms with Crippen LogP contribution in [0.1, 0.15) is 30.7 Å². The summed E-state index contributed by atoms with van der Waals surface area (Å²) in [6.45, 7) is 1.45. The van der Waals surface area contributed by atoms with E-state index in [1.807, 2.05) is 0 Å². The van der Waals surface area contributed by atoms with Crippen molar-refractivity contribution in [2.24, 2.45) is 5.92 Å². The Balaban J connectivity index is 1.79. The topological polar surface area (TPSA) is 134 Å². The number of methoxy groups -OCH3 is 1. The van der Waals surface area contributed by atoms with Crippen molar-refractivity contribution in [3.63, 3.8) is 0 Å². The number of amides is 4. The van der Waals surface area contributed by atoms with E-state index >= 15 is 0 Å². The number of rotatable bonds is 6. The fourth-order valence-corrected chi connectivity index (χ4v) is 3.57. The molecular formula is C20H23ClN4O6. The Morgan fingerprint density at radius 2 is 2.23 bits per heavy atom. The third-order valence-electron chi connectivity index (χ3n) is 4.98. The first kappa shape index (κ1) is 22.4. The molecule has 0 radical (unpaired) electrons. The van der Waals surface area contributed by atoms with Crippen molar-refractivity contribution < 1.29 is 28.8 Å². The van der Waals surface area contributed by atoms with Crippen LogP contribution in [-0.4, -0.2) is 53.2 Å². The van der Waals surface area contributed by atoms with Gasteiger partial charge < -0.3 is 25.0 Å². The number of aromatic hydroxyl groups is 1. The smallest absolute Gasteiger partial charge is 0.325 e. The lowest BCUT2D eigenvalue weighted by molar-refractivity contribution is -0.133. The van der Waals surface area contributed by atoms with E-state index in [0.717, 1.165) is 4.90 Å². The molecule has 166 valence electrons. The fourth-order valence-electron chi connectivity index (χ4n) is 3.37. The molecule has 1 aliphatic rings. The van der Waals surface area contributed by atoms with Crippen LogP contribution in [0.2, 0.25) is 5.02 Å². The highest BCUT2D eigenvalue weighted by atomic mass is 35.5. The molecule has 3 rings (SSSR count). The Bertz CT molecular complexity index is 978. The average Bonchev–Trinajstić information content (AvgIpc) is 3.12. The Morgan fingerprint density at radius 1 is 1.45 bits per heavy atom. The van der Waals surface area contributed by atoms with Crippen LogP contribution in [0.15, 0.2) is 28.8 Å². The molecule has 4 amide bonds. The summed E-state index contributed by atoms with van der Waals surface area (Å²) in [6.07, 6.45) is 0.636. The van der Waals surface area contributed by atoms with Crippen LogP contribution >= 0.6 is 11.6 Å². The summed E-state index contributed by atoms with van der Waals surface area (Å²) < 4.78 is 10.3. The lowest BCUT2D eigenvalue weighted by Gasteiger charge is -2.24. The van der Waals surface area contributed by atoms with Crippen LogP contribution in [-0.2, 0) is 16.0 Å². The van der Waals surface area contributed by atoms with Crippen molar-refractivity contribution >= 4 is 29.4 Å². The molecule has 10 nitrogen and oxygen atoms in total. The molecule has 1 aromatic heterocycles. The maximum absolute atomic E-state index is 13.2. The largest absolute Gasteiger partial charge is 0.496 e. The zero-order valence-electron chi connectivity index (χ0n) is 17.1. The number of imide groups is 1. The highest BCUT2D eigenvalue weighted by Gasteiger charge is 2.35. The number of halogens is 1. The van der Waals surface area contributed by atoms with Crippen LogP contribution < -0.4 is 15.4 Å². The zero-order chi connectivity index (χ0) is 22.5. The van der Waals surface area contributed by atoms with E-state index in [1.165, 1.54) is 13.2 Å². The molecule has 2 heterocycles. The summed E-state index contributed by atoms with van der Waals surface area (Å²) >= 11 is 6.08. The molecule has 2 unspecified atom stereocenters. The third-order valence-corrected chi connectivity index (χ3v) is 5.22. The van der Waals surface area contributed by atoms with Gasteiger partial charge in [-0.3, -0.25) is 14.5 Å². The predicted molar refractivity (Wildman–Crippen MR) is 110 cm³/mol. The van der Waals surface area contributed by atoms with Crippen LogP contribution in [0.3, 0.4) is 0 Å². The van der Waals surface area contributed by atoms with Gasteiger partial charge in [0.25, 0.3) is 5.88 Å². The Kier molecular flexibility index (Phi) is 7.01. The van der Waals surface area contributed by atoms with Crippen LogP contribution in [0.5, 0.6) is 11.6 Å². The van der Waals surface area contributed by atoms with Gasteiger partial charge in [0.05, 0.1) is 19.1 Å². The molecule has 31 heavy (non-hydrogen) atoms. The second-order valence-corrected chi connectivity index (χ2v) is 7.52. The molecule has 11 heteroatoms. The maximum Gasteiger partial charge on any atom is 0.325 e. The second kappa shape index (κ2) is 9.69. The van der Waals surface area contributed by atoms with Crippen molar-refractivity contribution in [2.45, 2.75) is 25.8 Å². The number of ether oxygens (including phenoxy) is 1. The summed E-state index contributed by atoms with van der Waals surface area (Å²) in [5, 5.41) is 18.6. The molecule has 0 saturated carbocycles. The van der Waals surface area contributed by atoms with Crippen molar-refractivity contribution in [1.82, 2.24) is 20.7 Å². The average molecular weight is 451 g/mol. The Morgan fingerprint density at radius 3 is 2.87 bits per heavy atom. The van der Waals surface area contributed by atoms with Crippen molar-refractivity contribution in [3.05, 3.63) is 40.6 Å². The number of benzene rings is 1. The first-order valence-electron chi connectivity index (χ1n) is 9.69. The lowest BCUT2D eigenvalue weighted by atomic mass is 9.97. The first-order chi connectivity index (χ1) is 14.8. The molecule has 2 aromatic rings. The SMILES string of the molecule is CCC(NC(=O)N1CC(=O)NCC(Cc2cc(Cl)ccc2OC)C1=O)c1cc(O)no1. The quantitative estimate of drug-likeness (QED) is 0.612. The zero-order valence-corrected chi connectivity index (χ0v) is 17.8. The number of nitrogens with one attached hydrogen (secondary N) is 2. The van der Waals surface area contributed by atoms with E-state index in [4.69, 9.17) is 20.9 Å². The van der Waals surface area contributed by atoms with Gasteiger partial charge in [-0.15, -0.1) is 0 Å². The lowest BCUT2D eigenvalue weighted by Crippen LogP contribution is -2.48. The number of nitrogens with zero attached hydrogens (tertiary/aromatic N) is 2. The van der Waals surface area contributed by atoms with E-state index in [2.05, 4.69) is 15.8 Å². The van der Waals surface area contributed by atoms with E-state index in [0.29, 0.717) is 22.8 Å². The van der Waals surface area contributed by atoms with Crippen molar-refractivity contribution in [2.75, 3.05) is 20.2 Å². The minimum absolute atomic E-state index is 0.0737. The van der Waals surface area contributed by atoms with Crippen molar-refractivity contribution in [1.29, 1.82) is 0 Å². The minimum atomic E-state index is -0.743. The highest BCUT2D eigenvalue weighted by molar-refractivity contribution is 6.30. The Labute approximate surface area is 183 Å². The molecule has 1 aromatic carbocycles. The van der Waals surface area contributed by atoms with Gasteiger partial charge in [0.2, 0.25) is 11.8 Å². The number of hydrogen-bond donors (Lipinski definition) is 3. The van der Waals surface area contributed by atoms with Crippen LogP contribution in [0.25, 0.3) is 0 Å². The summed E-state index contributed by atoms with van der Waals surface area (Å²) in [4.78, 5) is 39.1. The van der Waals surface area contributed by atoms with Gasteiger partial charge in [-0.2, -0.15) is 0 Å². The molecule has 1 fully saturated rings. The minimum Gasteiger partial charge on any atom is -0.496 e. The molecule has 1 saturated heterocycles. The fraction of sp³-hybridized carbons (Fsp3) is 0.400. The normalized spacial score (nSPS) is 17.6. The summed E-state index contributed by atoms with van der Waals surface area (Å²) in [5.41, 5.74) is 0.688. The number of carbonyl (C=O) groups is 3. The number of carbonyl (C=O) groups excluding carboxylic acids is 3. The molecule has 0 bridgehead atoms. The molecule has 0 spiro atoms. The van der Waals surface area contributed by atoms with E-state index in [-0.39, 0.29) is 24.6 Å². The summed E-state index contributed by atoms with van der Waals surface area (Å²) in [5.74, 6) is -1.18. The molecule has 2 atom stereocenters. The van der Waals surface area contributed by atoms with Gasteiger partial charge in [0.1, 0.15) is 12.3 Å². The van der Waals surface area contributed by atoms with Crippen LogP contribution in [0, 0.1) is 5.92 Å². The Hall–Kier alpha value is -3.27. The van der Waals surface area contributed by atoms with Gasteiger partial charge in [-0.05, 0) is 41.8 Å². The first-order valence-corrected chi connectivity index (χ1v) is 10.1.